The lowest BCUT2D eigenvalue weighted by Crippen LogP contribution is -2.20. The average Bonchev–Trinajstić information content (AvgIpc) is 3.11. The van der Waals surface area contributed by atoms with Gasteiger partial charge in [-0.3, -0.25) is 9.78 Å². The van der Waals surface area contributed by atoms with E-state index in [1.165, 1.54) is 49.6 Å². The van der Waals surface area contributed by atoms with Crippen molar-refractivity contribution in [1.29, 1.82) is 0 Å². The number of hydrogen-bond donors (Lipinski definition) is 5. The number of alkyl halides is 6. The highest BCUT2D eigenvalue weighted by atomic mass is 35.5. The first-order valence-corrected chi connectivity index (χ1v) is 16.0. The molecule has 5 rings (SSSR count). The number of halogens is 9. The first-order valence-electron chi connectivity index (χ1n) is 15.3. The van der Waals surface area contributed by atoms with E-state index in [1.807, 2.05) is 0 Å². The van der Waals surface area contributed by atoms with Gasteiger partial charge in [0.1, 0.15) is 28.8 Å². The van der Waals surface area contributed by atoms with Crippen molar-refractivity contribution in [2.45, 2.75) is 12.4 Å². The van der Waals surface area contributed by atoms with Gasteiger partial charge in [0.2, 0.25) is 0 Å². The molecule has 20 heteroatoms. The van der Waals surface area contributed by atoms with E-state index in [-0.39, 0.29) is 45.8 Å². The summed E-state index contributed by atoms with van der Waals surface area (Å²) in [4.78, 5) is 41.4. The third-order valence-electron chi connectivity index (χ3n) is 7.10. The summed E-state index contributed by atoms with van der Waals surface area (Å²) in [5.41, 5.74) is -3.39. The van der Waals surface area contributed by atoms with Crippen LogP contribution in [0.1, 0.15) is 21.6 Å². The van der Waals surface area contributed by atoms with Gasteiger partial charge in [-0.05, 0) is 66.7 Å². The van der Waals surface area contributed by atoms with Gasteiger partial charge >= 0.3 is 24.4 Å². The lowest BCUT2D eigenvalue weighted by Gasteiger charge is -2.16. The summed E-state index contributed by atoms with van der Waals surface area (Å²) in [6.07, 6.45) is -8.29. The van der Waals surface area contributed by atoms with Crippen molar-refractivity contribution >= 4 is 63.9 Å². The van der Waals surface area contributed by atoms with Crippen molar-refractivity contribution < 1.29 is 54.6 Å². The maximum atomic E-state index is 15.2. The van der Waals surface area contributed by atoms with Gasteiger partial charge < -0.3 is 36.1 Å². The standard InChI is InChI=1S/C35H23Cl2F7N6O5/c1-45-31(51)29-15-21(10-11-46-29)54-20-5-9-28(50-33(53)48-18-3-7-25(37)23(13-18)35(42,43)44)30(16-20)55-19-4-8-27(26(38)14-19)49-32(52)47-17-2-6-24(36)22(12-17)34(39,40)41/h2-16H,1H3,(H,45,51)(H2,47,49,52)(H2,48,50,53). The Labute approximate surface area is 315 Å². The largest absolute Gasteiger partial charge is 0.457 e. The molecular weight excluding hydrogens is 788 g/mol. The monoisotopic (exact) mass is 810 g/mol. The van der Waals surface area contributed by atoms with Crippen LogP contribution in [-0.4, -0.2) is 30.0 Å². The molecule has 0 aliphatic heterocycles. The number of urea groups is 2. The number of carbonyl (C=O) groups is 3. The van der Waals surface area contributed by atoms with Crippen molar-refractivity contribution in [2.75, 3.05) is 28.3 Å². The zero-order valence-electron chi connectivity index (χ0n) is 27.6. The number of nitrogens with one attached hydrogen (secondary N) is 5. The van der Waals surface area contributed by atoms with E-state index in [0.29, 0.717) is 12.1 Å². The fourth-order valence-electron chi connectivity index (χ4n) is 4.61. The number of benzene rings is 4. The summed E-state index contributed by atoms with van der Waals surface area (Å²) in [5.74, 6) is -1.69. The number of anilines is 4. The lowest BCUT2D eigenvalue weighted by molar-refractivity contribution is -0.138. The molecule has 0 saturated carbocycles. The molecule has 4 aromatic carbocycles. The molecule has 0 atom stereocenters. The zero-order chi connectivity index (χ0) is 40.1. The minimum absolute atomic E-state index is 0.0272. The highest BCUT2D eigenvalue weighted by Gasteiger charge is 2.34. The Balaban J connectivity index is 1.37. The number of hydrogen-bond acceptors (Lipinski definition) is 6. The fourth-order valence-corrected chi connectivity index (χ4v) is 5.06. The van der Waals surface area contributed by atoms with Crippen LogP contribution in [0, 0.1) is 5.82 Å². The normalized spacial score (nSPS) is 11.3. The number of nitrogens with zero attached hydrogens (tertiary/aromatic N) is 1. The smallest absolute Gasteiger partial charge is 0.417 e. The Morgan fingerprint density at radius 3 is 1.65 bits per heavy atom. The number of rotatable bonds is 9. The van der Waals surface area contributed by atoms with Crippen molar-refractivity contribution in [3.63, 3.8) is 0 Å². The number of carbonyl (C=O) groups excluding carboxylic acids is 3. The number of aromatic nitrogens is 1. The van der Waals surface area contributed by atoms with E-state index in [9.17, 15) is 40.7 Å². The Morgan fingerprint density at radius 1 is 0.618 bits per heavy atom. The van der Waals surface area contributed by atoms with Crippen molar-refractivity contribution in [3.8, 4) is 23.0 Å². The Kier molecular flexibility index (Phi) is 11.9. The molecule has 5 amide bonds. The maximum absolute atomic E-state index is 15.2. The highest BCUT2D eigenvalue weighted by Crippen LogP contribution is 2.39. The third-order valence-corrected chi connectivity index (χ3v) is 7.76. The van der Waals surface area contributed by atoms with Crippen LogP contribution in [-0.2, 0) is 12.4 Å². The molecule has 0 bridgehead atoms. The summed E-state index contributed by atoms with van der Waals surface area (Å²) in [6, 6.07) is 13.1. The van der Waals surface area contributed by atoms with E-state index < -0.39 is 63.0 Å². The number of ether oxygens (including phenoxy) is 2. The number of amides is 5. The van der Waals surface area contributed by atoms with E-state index in [1.54, 1.807) is 0 Å². The highest BCUT2D eigenvalue weighted by molar-refractivity contribution is 6.32. The maximum Gasteiger partial charge on any atom is 0.417 e. The van der Waals surface area contributed by atoms with Gasteiger partial charge in [0, 0.05) is 42.8 Å². The van der Waals surface area contributed by atoms with Gasteiger partial charge in [0.15, 0.2) is 5.75 Å². The van der Waals surface area contributed by atoms with Gasteiger partial charge in [0.25, 0.3) is 5.91 Å². The number of pyridine rings is 1. The molecule has 1 aromatic heterocycles. The summed E-state index contributed by atoms with van der Waals surface area (Å²) < 4.78 is 107. The second-order valence-electron chi connectivity index (χ2n) is 11.0. The Bertz CT molecular complexity index is 2270. The molecule has 0 spiro atoms. The van der Waals surface area contributed by atoms with Crippen LogP contribution in [0.5, 0.6) is 23.0 Å². The minimum atomic E-state index is -4.81. The van der Waals surface area contributed by atoms with Gasteiger partial charge in [-0.15, -0.1) is 0 Å². The van der Waals surface area contributed by atoms with Crippen molar-refractivity contribution in [2.24, 2.45) is 0 Å². The first-order chi connectivity index (χ1) is 25.9. The summed E-state index contributed by atoms with van der Waals surface area (Å²) in [7, 11) is 1.41. The van der Waals surface area contributed by atoms with Crippen LogP contribution < -0.4 is 36.1 Å². The van der Waals surface area contributed by atoms with Crippen LogP contribution in [0.2, 0.25) is 10.0 Å². The van der Waals surface area contributed by atoms with E-state index >= 15 is 4.39 Å². The molecule has 11 nitrogen and oxygen atoms in total. The Morgan fingerprint density at radius 2 is 1.13 bits per heavy atom. The summed E-state index contributed by atoms with van der Waals surface area (Å²) in [5, 5.41) is 10.2. The second-order valence-corrected chi connectivity index (χ2v) is 11.8. The topological polar surface area (TPSA) is 143 Å². The molecule has 55 heavy (non-hydrogen) atoms. The van der Waals surface area contributed by atoms with Crippen LogP contribution in [0.3, 0.4) is 0 Å². The van der Waals surface area contributed by atoms with E-state index in [2.05, 4.69) is 31.6 Å². The van der Waals surface area contributed by atoms with Crippen LogP contribution in [0.4, 0.5) is 63.1 Å². The molecule has 1 heterocycles. The summed E-state index contributed by atoms with van der Waals surface area (Å²) >= 11 is 11.3. The lowest BCUT2D eigenvalue weighted by atomic mass is 10.2. The molecule has 0 aliphatic carbocycles. The molecule has 5 N–H and O–H groups in total. The van der Waals surface area contributed by atoms with Gasteiger partial charge in [-0.2, -0.15) is 26.3 Å². The van der Waals surface area contributed by atoms with Crippen LogP contribution in [0.25, 0.3) is 0 Å². The molecule has 0 saturated heterocycles. The van der Waals surface area contributed by atoms with Gasteiger partial charge in [0.05, 0.1) is 32.5 Å². The molecule has 0 fully saturated rings. The molecule has 286 valence electrons. The molecular formula is C35H23Cl2F7N6O5. The van der Waals surface area contributed by atoms with Crippen LogP contribution >= 0.6 is 23.2 Å². The quantitative estimate of drug-likeness (QED) is 0.0938. The fraction of sp³-hybridized carbons (Fsp3) is 0.0857. The van der Waals surface area contributed by atoms with E-state index in [0.717, 1.165) is 36.4 Å². The molecule has 0 unspecified atom stereocenters. The average molecular weight is 811 g/mol. The SMILES string of the molecule is CNC(=O)c1cc(Oc2ccc(NC(=O)Nc3ccc(Cl)c(C(F)(F)F)c3)c(Oc3ccc(NC(=O)Nc4ccc(Cl)c(C(F)(F)F)c4)c(F)c3)c2)ccn1. The second kappa shape index (κ2) is 16.4. The molecule has 5 aromatic rings. The van der Waals surface area contributed by atoms with Gasteiger partial charge in [-0.25, -0.2) is 14.0 Å². The molecule has 0 radical (unpaired) electrons. The Hall–Kier alpha value is -6.27. The van der Waals surface area contributed by atoms with Crippen molar-refractivity contribution in [1.82, 2.24) is 10.3 Å². The van der Waals surface area contributed by atoms with Crippen molar-refractivity contribution in [3.05, 3.63) is 124 Å². The van der Waals surface area contributed by atoms with Crippen LogP contribution in [0.15, 0.2) is 91.1 Å². The minimum Gasteiger partial charge on any atom is -0.457 e. The first kappa shape index (κ1) is 39.9. The molecule has 0 aliphatic rings. The van der Waals surface area contributed by atoms with Gasteiger partial charge in [-0.1, -0.05) is 23.2 Å². The summed E-state index contributed by atoms with van der Waals surface area (Å²) in [6.45, 7) is 0. The zero-order valence-corrected chi connectivity index (χ0v) is 29.1. The predicted octanol–water partition coefficient (Wildman–Crippen LogP) is 10.8. The van der Waals surface area contributed by atoms with E-state index in [4.69, 9.17) is 32.7 Å². The third kappa shape index (κ3) is 10.5. The predicted molar refractivity (Wildman–Crippen MR) is 189 cm³/mol.